The Bertz CT molecular complexity index is 300. The lowest BCUT2D eigenvalue weighted by molar-refractivity contribution is 0.423. The molecule has 0 aromatic heterocycles. The van der Waals surface area contributed by atoms with Crippen molar-refractivity contribution in [1.29, 1.82) is 0 Å². The highest BCUT2D eigenvalue weighted by molar-refractivity contribution is 7.90. The van der Waals surface area contributed by atoms with Crippen molar-refractivity contribution in [2.45, 2.75) is 58.0 Å². The molecule has 1 N–H and O–H groups in total. The van der Waals surface area contributed by atoms with Crippen LogP contribution in [0.5, 0.6) is 0 Å². The molecule has 96 valence electrons. The first kappa shape index (κ1) is 14.0. The molecule has 1 saturated carbocycles. The summed E-state index contributed by atoms with van der Waals surface area (Å²) in [5.74, 6) is 1.17. The zero-order valence-electron chi connectivity index (χ0n) is 10.7. The average molecular weight is 247 g/mol. The molecule has 3 atom stereocenters. The van der Waals surface area contributed by atoms with Gasteiger partial charge in [-0.3, -0.25) is 0 Å². The van der Waals surface area contributed by atoms with Crippen LogP contribution in [0.15, 0.2) is 0 Å². The fraction of sp³-hybridized carbons (Fsp3) is 1.00. The van der Waals surface area contributed by atoms with Gasteiger partial charge in [0, 0.05) is 18.3 Å². The SMILES string of the molecule is CCC1CCC(NC(C)CCS(C)(=O)=O)C1. The molecule has 4 heteroatoms. The van der Waals surface area contributed by atoms with E-state index in [2.05, 4.69) is 19.2 Å². The van der Waals surface area contributed by atoms with Gasteiger partial charge in [0.05, 0.1) is 5.75 Å². The summed E-state index contributed by atoms with van der Waals surface area (Å²) >= 11 is 0. The highest BCUT2D eigenvalue weighted by Crippen LogP contribution is 2.28. The molecule has 0 bridgehead atoms. The van der Waals surface area contributed by atoms with Crippen molar-refractivity contribution in [1.82, 2.24) is 5.32 Å². The Kier molecular flexibility index (Phi) is 5.25. The quantitative estimate of drug-likeness (QED) is 0.780. The number of rotatable bonds is 6. The lowest BCUT2D eigenvalue weighted by Crippen LogP contribution is -2.36. The van der Waals surface area contributed by atoms with Crippen molar-refractivity contribution in [3.8, 4) is 0 Å². The van der Waals surface area contributed by atoms with E-state index in [1.807, 2.05) is 0 Å². The monoisotopic (exact) mass is 247 g/mol. The Balaban J connectivity index is 2.22. The number of sulfone groups is 1. The Labute approximate surface area is 99.9 Å². The molecule has 0 heterocycles. The summed E-state index contributed by atoms with van der Waals surface area (Å²) in [4.78, 5) is 0. The van der Waals surface area contributed by atoms with Crippen LogP contribution >= 0.6 is 0 Å². The van der Waals surface area contributed by atoms with E-state index in [-0.39, 0.29) is 0 Å². The zero-order valence-corrected chi connectivity index (χ0v) is 11.5. The summed E-state index contributed by atoms with van der Waals surface area (Å²) in [6, 6.07) is 0.926. The zero-order chi connectivity index (χ0) is 12.2. The second-order valence-electron chi connectivity index (χ2n) is 5.27. The molecule has 0 aromatic rings. The van der Waals surface area contributed by atoms with E-state index < -0.39 is 9.84 Å². The van der Waals surface area contributed by atoms with Gasteiger partial charge in [-0.25, -0.2) is 8.42 Å². The lowest BCUT2D eigenvalue weighted by Gasteiger charge is -2.19. The summed E-state index contributed by atoms with van der Waals surface area (Å²) in [7, 11) is -2.81. The molecule has 0 aliphatic heterocycles. The summed E-state index contributed by atoms with van der Waals surface area (Å²) in [6.07, 6.45) is 7.15. The molecular formula is C12H25NO2S. The number of nitrogens with one attached hydrogen (secondary N) is 1. The third-order valence-electron chi connectivity index (χ3n) is 3.56. The predicted molar refractivity (Wildman–Crippen MR) is 68.3 cm³/mol. The van der Waals surface area contributed by atoms with E-state index in [0.717, 1.165) is 12.3 Å². The normalized spacial score (nSPS) is 28.2. The third-order valence-corrected chi connectivity index (χ3v) is 4.54. The molecule has 3 unspecified atom stereocenters. The maximum atomic E-state index is 11.0. The molecule has 0 spiro atoms. The van der Waals surface area contributed by atoms with E-state index in [9.17, 15) is 8.42 Å². The molecule has 3 nitrogen and oxygen atoms in total. The van der Waals surface area contributed by atoms with Crippen LogP contribution in [0.4, 0.5) is 0 Å². The Hall–Kier alpha value is -0.0900. The Morgan fingerprint density at radius 1 is 1.38 bits per heavy atom. The van der Waals surface area contributed by atoms with Crippen molar-refractivity contribution < 1.29 is 8.42 Å². The highest BCUT2D eigenvalue weighted by Gasteiger charge is 2.24. The molecule has 1 fully saturated rings. The van der Waals surface area contributed by atoms with Gasteiger partial charge in [-0.05, 0) is 38.5 Å². The van der Waals surface area contributed by atoms with Gasteiger partial charge in [-0.15, -0.1) is 0 Å². The summed E-state index contributed by atoms with van der Waals surface area (Å²) in [5.41, 5.74) is 0. The number of hydrogen-bond acceptors (Lipinski definition) is 3. The van der Waals surface area contributed by atoms with Gasteiger partial charge < -0.3 is 5.32 Å². The van der Waals surface area contributed by atoms with Crippen molar-refractivity contribution in [2.75, 3.05) is 12.0 Å². The maximum Gasteiger partial charge on any atom is 0.147 e. The smallest absolute Gasteiger partial charge is 0.147 e. The van der Waals surface area contributed by atoms with E-state index in [0.29, 0.717) is 17.8 Å². The Morgan fingerprint density at radius 3 is 2.56 bits per heavy atom. The molecule has 1 aliphatic rings. The minimum Gasteiger partial charge on any atom is -0.311 e. The van der Waals surface area contributed by atoms with Crippen LogP contribution in [0.2, 0.25) is 0 Å². The van der Waals surface area contributed by atoms with Crippen molar-refractivity contribution in [3.63, 3.8) is 0 Å². The Morgan fingerprint density at radius 2 is 2.06 bits per heavy atom. The molecule has 0 aromatic carbocycles. The van der Waals surface area contributed by atoms with Crippen molar-refractivity contribution >= 4 is 9.84 Å². The van der Waals surface area contributed by atoms with E-state index in [1.54, 1.807) is 0 Å². The van der Waals surface area contributed by atoms with Crippen LogP contribution < -0.4 is 5.32 Å². The van der Waals surface area contributed by atoms with Crippen LogP contribution in [0.25, 0.3) is 0 Å². The van der Waals surface area contributed by atoms with Crippen LogP contribution in [0, 0.1) is 5.92 Å². The second kappa shape index (κ2) is 6.01. The highest BCUT2D eigenvalue weighted by atomic mass is 32.2. The molecule has 16 heavy (non-hydrogen) atoms. The molecule has 0 radical (unpaired) electrons. The summed E-state index contributed by atoms with van der Waals surface area (Å²) in [5, 5.41) is 3.55. The van der Waals surface area contributed by atoms with Gasteiger partial charge in [-0.1, -0.05) is 13.3 Å². The predicted octanol–water partition coefficient (Wildman–Crippen LogP) is 1.98. The fourth-order valence-electron chi connectivity index (χ4n) is 2.47. The molecule has 1 rings (SSSR count). The van der Waals surface area contributed by atoms with Crippen LogP contribution in [-0.2, 0) is 9.84 Å². The third kappa shape index (κ3) is 5.30. The largest absolute Gasteiger partial charge is 0.311 e. The van der Waals surface area contributed by atoms with E-state index in [4.69, 9.17) is 0 Å². The summed E-state index contributed by atoms with van der Waals surface area (Å²) < 4.78 is 22.1. The lowest BCUT2D eigenvalue weighted by atomic mass is 10.1. The van der Waals surface area contributed by atoms with Crippen LogP contribution in [0.1, 0.15) is 46.0 Å². The van der Waals surface area contributed by atoms with Gasteiger partial charge in [0.25, 0.3) is 0 Å². The van der Waals surface area contributed by atoms with E-state index >= 15 is 0 Å². The van der Waals surface area contributed by atoms with Gasteiger partial charge >= 0.3 is 0 Å². The second-order valence-corrected chi connectivity index (χ2v) is 7.53. The maximum absolute atomic E-state index is 11.0. The van der Waals surface area contributed by atoms with Gasteiger partial charge in [0.15, 0.2) is 0 Å². The molecule has 1 aliphatic carbocycles. The van der Waals surface area contributed by atoms with Gasteiger partial charge in [0.1, 0.15) is 9.84 Å². The van der Waals surface area contributed by atoms with Crippen molar-refractivity contribution in [2.24, 2.45) is 5.92 Å². The number of hydrogen-bond donors (Lipinski definition) is 1. The van der Waals surface area contributed by atoms with E-state index in [1.165, 1.54) is 31.9 Å². The first-order chi connectivity index (χ1) is 7.40. The minimum atomic E-state index is -2.81. The first-order valence-corrected chi connectivity index (χ1v) is 8.40. The van der Waals surface area contributed by atoms with Gasteiger partial charge in [-0.2, -0.15) is 0 Å². The summed E-state index contributed by atoms with van der Waals surface area (Å²) in [6.45, 7) is 4.34. The van der Waals surface area contributed by atoms with Crippen molar-refractivity contribution in [3.05, 3.63) is 0 Å². The average Bonchev–Trinajstić information content (AvgIpc) is 2.61. The van der Waals surface area contributed by atoms with Crippen LogP contribution in [-0.4, -0.2) is 32.5 Å². The molecule has 0 amide bonds. The topological polar surface area (TPSA) is 46.2 Å². The van der Waals surface area contributed by atoms with Gasteiger partial charge in [0.2, 0.25) is 0 Å². The van der Waals surface area contributed by atoms with Crippen LogP contribution in [0.3, 0.4) is 0 Å². The molecule has 0 saturated heterocycles. The standard InChI is InChI=1S/C12H25NO2S/c1-4-11-5-6-12(9-11)13-10(2)7-8-16(3,14)15/h10-13H,4-9H2,1-3H3. The minimum absolute atomic E-state index is 0.297. The molecular weight excluding hydrogens is 222 g/mol. The first-order valence-electron chi connectivity index (χ1n) is 6.34. The fourth-order valence-corrected chi connectivity index (χ4v) is 3.26.